The fraction of sp³-hybridized carbons (Fsp3) is 0.197. The first-order valence-electron chi connectivity index (χ1n) is 25.1. The second-order valence-corrected chi connectivity index (χ2v) is 22.3. The van der Waals surface area contributed by atoms with Gasteiger partial charge in [0.05, 0.1) is 22.4 Å². The van der Waals surface area contributed by atoms with Gasteiger partial charge in [0.15, 0.2) is 0 Å². The van der Waals surface area contributed by atoms with Crippen molar-refractivity contribution in [1.29, 1.82) is 0 Å². The van der Waals surface area contributed by atoms with E-state index in [9.17, 15) is 4.39 Å². The Morgan fingerprint density at radius 1 is 0.458 bits per heavy atom. The van der Waals surface area contributed by atoms with Crippen molar-refractivity contribution in [2.24, 2.45) is 0 Å². The standard InChI is InChI=1S/C66H61FN4O/c1-64(2,3)45-33-34-68-61(38-45)71-58-32-29-48(67)39-57(58)55-31-30-52(41-60(55)71)72-51-24-16-23-49(40-51)69-42-70(50-36-46(65(4,5)6)35-47(37-50)66(7,8)9)63-56(27-18-28-59(63)69)62-53(43-19-12-10-13-20-43)25-17-26-54(62)44-21-14-11-15-22-44/h10-41H,42H2,1-9H3. The van der Waals surface area contributed by atoms with E-state index >= 15 is 0 Å². The number of aromatic nitrogens is 2. The minimum atomic E-state index is -0.280. The summed E-state index contributed by atoms with van der Waals surface area (Å²) in [4.78, 5) is 9.80. The van der Waals surface area contributed by atoms with Crippen LogP contribution in [0.5, 0.6) is 11.5 Å². The molecule has 0 N–H and O–H groups in total. The molecule has 0 atom stereocenters. The topological polar surface area (TPSA) is 33.5 Å². The first kappa shape index (κ1) is 46.4. The van der Waals surface area contributed by atoms with Crippen LogP contribution < -0.4 is 14.5 Å². The molecule has 8 aromatic carbocycles. The van der Waals surface area contributed by atoms with E-state index in [4.69, 9.17) is 9.72 Å². The van der Waals surface area contributed by atoms with E-state index < -0.39 is 0 Å². The second-order valence-electron chi connectivity index (χ2n) is 22.3. The fourth-order valence-corrected chi connectivity index (χ4v) is 10.3. The number of rotatable bonds is 8. The van der Waals surface area contributed by atoms with Crippen LogP contribution in [-0.2, 0) is 16.2 Å². The number of hydrogen-bond acceptors (Lipinski definition) is 4. The maximum atomic E-state index is 14.9. The Labute approximate surface area is 423 Å². The van der Waals surface area contributed by atoms with E-state index in [0.717, 1.165) is 61.5 Å². The molecule has 5 nitrogen and oxygen atoms in total. The Bertz CT molecular complexity index is 3580. The summed E-state index contributed by atoms with van der Waals surface area (Å²) in [5.74, 6) is 1.87. The molecule has 10 aromatic rings. The predicted octanol–water partition coefficient (Wildman–Crippen LogP) is 18.3. The number of para-hydroxylation sites is 1. The van der Waals surface area contributed by atoms with Crippen LogP contribution >= 0.6 is 0 Å². The van der Waals surface area contributed by atoms with Crippen LogP contribution in [0.1, 0.15) is 79.0 Å². The Kier molecular flexibility index (Phi) is 11.4. The highest BCUT2D eigenvalue weighted by Gasteiger charge is 2.34. The Morgan fingerprint density at radius 3 is 1.72 bits per heavy atom. The number of hydrogen-bond donors (Lipinski definition) is 0. The molecule has 0 bridgehead atoms. The molecule has 358 valence electrons. The molecule has 72 heavy (non-hydrogen) atoms. The van der Waals surface area contributed by atoms with Gasteiger partial charge in [-0.1, -0.05) is 165 Å². The largest absolute Gasteiger partial charge is 0.457 e. The molecule has 0 radical (unpaired) electrons. The third kappa shape index (κ3) is 8.59. The van der Waals surface area contributed by atoms with Gasteiger partial charge in [0.1, 0.15) is 29.8 Å². The van der Waals surface area contributed by atoms with Crippen molar-refractivity contribution in [2.75, 3.05) is 16.5 Å². The van der Waals surface area contributed by atoms with Gasteiger partial charge in [-0.05, 0) is 134 Å². The zero-order chi connectivity index (χ0) is 50.1. The fourth-order valence-electron chi connectivity index (χ4n) is 10.3. The van der Waals surface area contributed by atoms with Crippen LogP contribution in [0.15, 0.2) is 194 Å². The highest BCUT2D eigenvalue weighted by atomic mass is 19.1. The van der Waals surface area contributed by atoms with Gasteiger partial charge in [0.25, 0.3) is 0 Å². The molecular formula is C66H61FN4O. The number of fused-ring (bicyclic) bond motifs is 4. The first-order valence-corrected chi connectivity index (χ1v) is 25.1. The van der Waals surface area contributed by atoms with E-state index in [-0.39, 0.29) is 22.1 Å². The molecule has 1 aliphatic heterocycles. The summed E-state index contributed by atoms with van der Waals surface area (Å²) in [6, 6.07) is 65.9. The number of benzene rings is 8. The van der Waals surface area contributed by atoms with Gasteiger partial charge in [0.2, 0.25) is 0 Å². The number of halogens is 1. The Balaban J connectivity index is 1.07. The SMILES string of the molecule is CC(C)(C)c1cc(N2CN(c3cccc(Oc4ccc5c6cc(F)ccc6n(-c6cc(C(C)(C)C)ccn6)c5c4)c3)c3cccc(-c4c(-c5ccccc5)cccc4-c4ccccc4)c32)cc(C(C)(C)C)c1. The molecule has 0 aliphatic carbocycles. The molecular weight excluding hydrogens is 884 g/mol. The highest BCUT2D eigenvalue weighted by molar-refractivity contribution is 6.10. The second kappa shape index (κ2) is 17.7. The molecule has 11 rings (SSSR count). The Morgan fingerprint density at radius 2 is 1.07 bits per heavy atom. The lowest BCUT2D eigenvalue weighted by Crippen LogP contribution is -2.25. The lowest BCUT2D eigenvalue weighted by Gasteiger charge is -2.30. The summed E-state index contributed by atoms with van der Waals surface area (Å²) in [7, 11) is 0. The number of ether oxygens (including phenoxy) is 1. The van der Waals surface area contributed by atoms with Crippen LogP contribution in [0.4, 0.5) is 27.1 Å². The smallest absolute Gasteiger partial charge is 0.137 e. The van der Waals surface area contributed by atoms with E-state index in [0.29, 0.717) is 18.2 Å². The minimum Gasteiger partial charge on any atom is -0.457 e. The van der Waals surface area contributed by atoms with Crippen LogP contribution in [0, 0.1) is 5.82 Å². The van der Waals surface area contributed by atoms with Crippen molar-refractivity contribution >= 4 is 44.6 Å². The van der Waals surface area contributed by atoms with Crippen molar-refractivity contribution in [3.05, 3.63) is 217 Å². The summed E-state index contributed by atoms with van der Waals surface area (Å²) in [6.45, 7) is 21.0. The molecule has 0 saturated heterocycles. The molecule has 1 aliphatic rings. The summed E-state index contributed by atoms with van der Waals surface area (Å²) in [5, 5.41) is 1.75. The number of anilines is 4. The van der Waals surface area contributed by atoms with E-state index in [1.165, 1.54) is 45.0 Å². The van der Waals surface area contributed by atoms with Gasteiger partial charge in [0, 0.05) is 46.0 Å². The molecule has 0 spiro atoms. The first-order chi connectivity index (χ1) is 34.5. The van der Waals surface area contributed by atoms with E-state index in [1.54, 1.807) is 6.07 Å². The van der Waals surface area contributed by atoms with Gasteiger partial charge in [-0.3, -0.25) is 4.57 Å². The van der Waals surface area contributed by atoms with Gasteiger partial charge >= 0.3 is 0 Å². The van der Waals surface area contributed by atoms with Crippen LogP contribution in [-0.4, -0.2) is 16.2 Å². The predicted molar refractivity (Wildman–Crippen MR) is 299 cm³/mol. The maximum Gasteiger partial charge on any atom is 0.137 e. The van der Waals surface area contributed by atoms with E-state index in [1.807, 2.05) is 36.5 Å². The summed E-state index contributed by atoms with van der Waals surface area (Å²) >= 11 is 0. The van der Waals surface area contributed by atoms with Crippen LogP contribution in [0.3, 0.4) is 0 Å². The van der Waals surface area contributed by atoms with Gasteiger partial charge in [-0.25, -0.2) is 9.37 Å². The molecule has 0 amide bonds. The van der Waals surface area contributed by atoms with Crippen LogP contribution in [0.25, 0.3) is 61.0 Å². The molecule has 0 saturated carbocycles. The number of nitrogens with zero attached hydrogens (tertiary/aromatic N) is 4. The van der Waals surface area contributed by atoms with Crippen molar-refractivity contribution in [1.82, 2.24) is 9.55 Å². The quantitative estimate of drug-likeness (QED) is 0.152. The van der Waals surface area contributed by atoms with Crippen molar-refractivity contribution < 1.29 is 9.13 Å². The van der Waals surface area contributed by atoms with Gasteiger partial charge in [-0.2, -0.15) is 0 Å². The summed E-state index contributed by atoms with van der Waals surface area (Å²) in [6.07, 6.45) is 1.86. The third-order valence-electron chi connectivity index (χ3n) is 14.2. The molecule has 0 fully saturated rings. The monoisotopic (exact) mass is 944 g/mol. The molecule has 0 unspecified atom stereocenters. The van der Waals surface area contributed by atoms with Crippen molar-refractivity contribution in [2.45, 2.75) is 78.6 Å². The molecule has 6 heteroatoms. The van der Waals surface area contributed by atoms with Crippen molar-refractivity contribution in [3.8, 4) is 50.7 Å². The van der Waals surface area contributed by atoms with E-state index in [2.05, 4.69) is 222 Å². The average molecular weight is 945 g/mol. The molecule has 2 aromatic heterocycles. The zero-order valence-corrected chi connectivity index (χ0v) is 42.8. The summed E-state index contributed by atoms with van der Waals surface area (Å²) in [5.41, 5.74) is 16.7. The summed E-state index contributed by atoms with van der Waals surface area (Å²) < 4.78 is 23.9. The molecule has 3 heterocycles. The highest BCUT2D eigenvalue weighted by Crippen LogP contribution is 2.54. The van der Waals surface area contributed by atoms with Gasteiger partial charge in [-0.15, -0.1) is 0 Å². The zero-order valence-electron chi connectivity index (χ0n) is 42.8. The lowest BCUT2D eigenvalue weighted by atomic mass is 9.80. The minimum absolute atomic E-state index is 0.0790. The lowest BCUT2D eigenvalue weighted by molar-refractivity contribution is 0.483. The van der Waals surface area contributed by atoms with Crippen molar-refractivity contribution in [3.63, 3.8) is 0 Å². The third-order valence-corrected chi connectivity index (χ3v) is 14.2. The van der Waals surface area contributed by atoms with Gasteiger partial charge < -0.3 is 14.5 Å². The normalized spacial score (nSPS) is 13.0. The average Bonchev–Trinajstić information content (AvgIpc) is 3.92. The maximum absolute atomic E-state index is 14.9. The Hall–Kier alpha value is -7.96. The number of pyridine rings is 1. The van der Waals surface area contributed by atoms with Crippen LogP contribution in [0.2, 0.25) is 0 Å².